The number of rotatable bonds is 4. The standard InChI is InChI=1S/C17H24N4/c1-6-13-9-7-8-10-14(13)19-16-18-12(2)11-15(20-16)21-17(3,4)5/h7-11H,6H2,1-5H3,(H2,18,19,20,21). The maximum atomic E-state index is 4.56. The lowest BCUT2D eigenvalue weighted by Gasteiger charge is -2.22. The van der Waals surface area contributed by atoms with E-state index in [1.54, 1.807) is 0 Å². The number of nitrogens with one attached hydrogen (secondary N) is 2. The second kappa shape index (κ2) is 6.12. The summed E-state index contributed by atoms with van der Waals surface area (Å²) in [6, 6.07) is 10.2. The van der Waals surface area contributed by atoms with E-state index in [1.807, 2.05) is 25.1 Å². The summed E-state index contributed by atoms with van der Waals surface area (Å²) in [5, 5.41) is 6.71. The molecule has 21 heavy (non-hydrogen) atoms. The highest BCUT2D eigenvalue weighted by molar-refractivity contribution is 5.59. The van der Waals surface area contributed by atoms with Gasteiger partial charge in [-0.25, -0.2) is 4.98 Å². The first-order chi connectivity index (χ1) is 9.87. The van der Waals surface area contributed by atoms with E-state index in [2.05, 4.69) is 60.4 Å². The van der Waals surface area contributed by atoms with Crippen molar-refractivity contribution in [1.82, 2.24) is 9.97 Å². The summed E-state index contributed by atoms with van der Waals surface area (Å²) < 4.78 is 0. The lowest BCUT2D eigenvalue weighted by Crippen LogP contribution is -2.27. The van der Waals surface area contributed by atoms with Crippen molar-refractivity contribution in [2.45, 2.75) is 46.6 Å². The third-order valence-electron chi connectivity index (χ3n) is 3.00. The summed E-state index contributed by atoms with van der Waals surface area (Å²) in [5.41, 5.74) is 3.23. The number of hydrogen-bond donors (Lipinski definition) is 2. The van der Waals surface area contributed by atoms with Crippen LogP contribution in [0.5, 0.6) is 0 Å². The molecule has 0 fully saturated rings. The van der Waals surface area contributed by atoms with Gasteiger partial charge in [0.15, 0.2) is 0 Å². The van der Waals surface area contributed by atoms with Crippen LogP contribution in [-0.4, -0.2) is 15.5 Å². The minimum atomic E-state index is -0.0284. The van der Waals surface area contributed by atoms with Crippen LogP contribution in [0, 0.1) is 6.92 Å². The zero-order valence-electron chi connectivity index (χ0n) is 13.5. The second-order valence-electron chi connectivity index (χ2n) is 6.23. The summed E-state index contributed by atoms with van der Waals surface area (Å²) in [7, 11) is 0. The van der Waals surface area contributed by atoms with Gasteiger partial charge in [-0.05, 0) is 45.7 Å². The largest absolute Gasteiger partial charge is 0.365 e. The van der Waals surface area contributed by atoms with Gasteiger partial charge in [0.2, 0.25) is 5.95 Å². The molecule has 4 nitrogen and oxygen atoms in total. The number of aryl methyl sites for hydroxylation is 2. The molecule has 0 aliphatic carbocycles. The maximum absolute atomic E-state index is 4.56. The van der Waals surface area contributed by atoms with Crippen LogP contribution >= 0.6 is 0 Å². The van der Waals surface area contributed by atoms with Gasteiger partial charge in [0.1, 0.15) is 5.82 Å². The molecule has 2 N–H and O–H groups in total. The number of benzene rings is 1. The molecule has 2 aromatic rings. The van der Waals surface area contributed by atoms with Crippen LogP contribution in [0.25, 0.3) is 0 Å². The van der Waals surface area contributed by atoms with Crippen LogP contribution in [0.3, 0.4) is 0 Å². The highest BCUT2D eigenvalue weighted by Gasteiger charge is 2.12. The van der Waals surface area contributed by atoms with Crippen molar-refractivity contribution in [3.05, 3.63) is 41.6 Å². The molecule has 0 radical (unpaired) electrons. The van der Waals surface area contributed by atoms with Gasteiger partial charge in [-0.2, -0.15) is 4.98 Å². The first kappa shape index (κ1) is 15.3. The summed E-state index contributed by atoms with van der Waals surface area (Å²) in [5.74, 6) is 1.47. The average molecular weight is 284 g/mol. The van der Waals surface area contributed by atoms with Crippen LogP contribution < -0.4 is 10.6 Å². The van der Waals surface area contributed by atoms with Crippen LogP contribution in [0.2, 0.25) is 0 Å². The van der Waals surface area contributed by atoms with Gasteiger partial charge in [-0.15, -0.1) is 0 Å². The fourth-order valence-corrected chi connectivity index (χ4v) is 2.14. The molecule has 112 valence electrons. The van der Waals surface area contributed by atoms with E-state index < -0.39 is 0 Å². The van der Waals surface area contributed by atoms with Crippen LogP contribution in [0.4, 0.5) is 17.5 Å². The quantitative estimate of drug-likeness (QED) is 0.878. The van der Waals surface area contributed by atoms with Crippen LogP contribution in [-0.2, 0) is 6.42 Å². The Kier molecular flexibility index (Phi) is 4.46. The van der Waals surface area contributed by atoms with E-state index >= 15 is 0 Å². The number of para-hydroxylation sites is 1. The van der Waals surface area contributed by atoms with Gasteiger partial charge >= 0.3 is 0 Å². The van der Waals surface area contributed by atoms with Crippen LogP contribution in [0.15, 0.2) is 30.3 Å². The predicted octanol–water partition coefficient (Wildman–Crippen LogP) is 4.30. The van der Waals surface area contributed by atoms with E-state index in [-0.39, 0.29) is 5.54 Å². The molecule has 0 atom stereocenters. The van der Waals surface area contributed by atoms with Gasteiger partial charge in [0, 0.05) is 23.0 Å². The topological polar surface area (TPSA) is 49.8 Å². The Morgan fingerprint density at radius 1 is 1.10 bits per heavy atom. The minimum Gasteiger partial charge on any atom is -0.365 e. The number of anilines is 3. The molecular weight excluding hydrogens is 260 g/mol. The third-order valence-corrected chi connectivity index (χ3v) is 3.00. The van der Waals surface area contributed by atoms with E-state index in [4.69, 9.17) is 0 Å². The molecule has 4 heteroatoms. The van der Waals surface area contributed by atoms with Crippen molar-refractivity contribution in [2.24, 2.45) is 0 Å². The molecule has 0 unspecified atom stereocenters. The molecule has 0 bridgehead atoms. The third kappa shape index (κ3) is 4.45. The fourth-order valence-electron chi connectivity index (χ4n) is 2.14. The lowest BCUT2D eigenvalue weighted by molar-refractivity contribution is 0.630. The summed E-state index contributed by atoms with van der Waals surface area (Å²) in [6.45, 7) is 10.5. The fraction of sp³-hybridized carbons (Fsp3) is 0.412. The Hall–Kier alpha value is -2.10. The lowest BCUT2D eigenvalue weighted by atomic mass is 10.1. The Morgan fingerprint density at radius 2 is 1.81 bits per heavy atom. The van der Waals surface area contributed by atoms with E-state index in [9.17, 15) is 0 Å². The zero-order chi connectivity index (χ0) is 15.5. The maximum Gasteiger partial charge on any atom is 0.229 e. The van der Waals surface area contributed by atoms with Gasteiger partial charge in [-0.1, -0.05) is 25.1 Å². The monoisotopic (exact) mass is 284 g/mol. The molecule has 0 saturated heterocycles. The Morgan fingerprint density at radius 3 is 2.48 bits per heavy atom. The Bertz CT molecular complexity index is 614. The molecule has 0 saturated carbocycles. The van der Waals surface area contributed by atoms with E-state index in [0.717, 1.165) is 23.6 Å². The van der Waals surface area contributed by atoms with Crippen molar-refractivity contribution < 1.29 is 0 Å². The van der Waals surface area contributed by atoms with Crippen LogP contribution in [0.1, 0.15) is 39.0 Å². The predicted molar refractivity (Wildman–Crippen MR) is 89.2 cm³/mol. The molecular formula is C17H24N4. The highest BCUT2D eigenvalue weighted by Crippen LogP contribution is 2.21. The van der Waals surface area contributed by atoms with Crippen molar-refractivity contribution >= 4 is 17.5 Å². The summed E-state index contributed by atoms with van der Waals surface area (Å²) in [4.78, 5) is 9.03. The van der Waals surface area contributed by atoms with Gasteiger partial charge < -0.3 is 10.6 Å². The molecule has 1 heterocycles. The van der Waals surface area contributed by atoms with Crippen molar-refractivity contribution in [3.63, 3.8) is 0 Å². The van der Waals surface area contributed by atoms with Gasteiger partial charge in [0.25, 0.3) is 0 Å². The average Bonchev–Trinajstić information content (AvgIpc) is 2.36. The van der Waals surface area contributed by atoms with Gasteiger partial charge in [0.05, 0.1) is 0 Å². The smallest absolute Gasteiger partial charge is 0.229 e. The van der Waals surface area contributed by atoms with Crippen molar-refractivity contribution in [3.8, 4) is 0 Å². The molecule has 2 rings (SSSR count). The number of aromatic nitrogens is 2. The molecule has 0 aliphatic heterocycles. The highest BCUT2D eigenvalue weighted by atomic mass is 15.2. The van der Waals surface area contributed by atoms with Crippen molar-refractivity contribution in [2.75, 3.05) is 10.6 Å². The SMILES string of the molecule is CCc1ccccc1Nc1nc(C)cc(NC(C)(C)C)n1. The van der Waals surface area contributed by atoms with E-state index in [1.165, 1.54) is 5.56 Å². The number of hydrogen-bond acceptors (Lipinski definition) is 4. The molecule has 1 aromatic heterocycles. The Labute approximate surface area is 127 Å². The van der Waals surface area contributed by atoms with Gasteiger partial charge in [-0.3, -0.25) is 0 Å². The second-order valence-corrected chi connectivity index (χ2v) is 6.23. The first-order valence-corrected chi connectivity index (χ1v) is 7.36. The van der Waals surface area contributed by atoms with E-state index in [0.29, 0.717) is 5.95 Å². The zero-order valence-corrected chi connectivity index (χ0v) is 13.5. The summed E-state index contributed by atoms with van der Waals surface area (Å²) >= 11 is 0. The first-order valence-electron chi connectivity index (χ1n) is 7.36. The molecule has 1 aromatic carbocycles. The summed E-state index contributed by atoms with van der Waals surface area (Å²) in [6.07, 6.45) is 0.974. The molecule has 0 amide bonds. The number of nitrogens with zero attached hydrogens (tertiary/aromatic N) is 2. The normalized spacial score (nSPS) is 11.3. The van der Waals surface area contributed by atoms with Crippen molar-refractivity contribution in [1.29, 1.82) is 0 Å². The minimum absolute atomic E-state index is 0.0284. The molecule has 0 spiro atoms. The molecule has 0 aliphatic rings. The Balaban J connectivity index is 2.28.